The predicted molar refractivity (Wildman–Crippen MR) is 118 cm³/mol. The van der Waals surface area contributed by atoms with Crippen molar-refractivity contribution in [2.45, 2.75) is 20.5 Å². The molecule has 146 valence electrons. The number of benzene rings is 3. The summed E-state index contributed by atoms with van der Waals surface area (Å²) in [5.74, 6) is 0. The van der Waals surface area contributed by atoms with Crippen LogP contribution in [-0.2, 0) is 11.3 Å². The third-order valence-electron chi connectivity index (χ3n) is 4.86. The van der Waals surface area contributed by atoms with Gasteiger partial charge in [-0.1, -0.05) is 35.9 Å². The van der Waals surface area contributed by atoms with Crippen molar-refractivity contribution < 1.29 is 9.53 Å². The van der Waals surface area contributed by atoms with E-state index in [1.807, 2.05) is 24.3 Å². The van der Waals surface area contributed by atoms with E-state index < -0.39 is 6.09 Å². The Labute approximate surface area is 169 Å². The van der Waals surface area contributed by atoms with Gasteiger partial charge in [-0.2, -0.15) is 0 Å². The first-order valence-corrected chi connectivity index (χ1v) is 9.55. The molecule has 0 radical (unpaired) electrons. The molecule has 1 heterocycles. The summed E-state index contributed by atoms with van der Waals surface area (Å²) in [6, 6.07) is 20.5. The van der Waals surface area contributed by atoms with Crippen LogP contribution in [-0.4, -0.2) is 18.1 Å². The lowest BCUT2D eigenvalue weighted by atomic mass is 10.0. The highest BCUT2D eigenvalue weighted by Gasteiger charge is 2.11. The molecule has 1 aromatic heterocycles. The molecule has 0 aliphatic carbocycles. The van der Waals surface area contributed by atoms with Crippen LogP contribution in [0.4, 0.5) is 16.2 Å². The number of alkyl carbamates (subject to hydrolysis) is 1. The number of nitrogens with one attached hydrogen (secondary N) is 2. The maximum Gasteiger partial charge on any atom is 0.407 e. The van der Waals surface area contributed by atoms with Crippen molar-refractivity contribution in [3.8, 4) is 0 Å². The second kappa shape index (κ2) is 7.80. The molecule has 4 aromatic rings. The highest BCUT2D eigenvalue weighted by molar-refractivity contribution is 6.09. The minimum Gasteiger partial charge on any atom is -0.445 e. The summed E-state index contributed by atoms with van der Waals surface area (Å²) in [6.07, 6.45) is -0.444. The summed E-state index contributed by atoms with van der Waals surface area (Å²) in [6.45, 7) is 4.37. The van der Waals surface area contributed by atoms with E-state index in [-0.39, 0.29) is 6.61 Å². The lowest BCUT2D eigenvalue weighted by Crippen LogP contribution is -2.18. The number of rotatable bonds is 4. The lowest BCUT2D eigenvalue weighted by molar-refractivity contribution is 0.142. The minimum absolute atomic E-state index is 0.214. The van der Waals surface area contributed by atoms with Crippen molar-refractivity contribution in [2.75, 3.05) is 12.4 Å². The average molecular weight is 385 g/mol. The Hall–Kier alpha value is -3.60. The van der Waals surface area contributed by atoms with Crippen molar-refractivity contribution in [1.82, 2.24) is 10.3 Å². The summed E-state index contributed by atoms with van der Waals surface area (Å²) in [7, 11) is 1.55. The molecule has 0 saturated carbocycles. The zero-order valence-corrected chi connectivity index (χ0v) is 16.7. The Balaban J connectivity index is 1.78. The topological polar surface area (TPSA) is 63.2 Å². The molecule has 0 aliphatic rings. The SMILES string of the molecule is CNC(=O)OCc1cccc(Nc2c3ccc(C)cc3nc3ccc(C)cc23)c1. The van der Waals surface area contributed by atoms with E-state index >= 15 is 0 Å². The second-order valence-corrected chi connectivity index (χ2v) is 7.18. The third kappa shape index (κ3) is 3.99. The Morgan fingerprint density at radius 1 is 0.931 bits per heavy atom. The maximum atomic E-state index is 11.4. The number of pyridine rings is 1. The normalized spacial score (nSPS) is 10.9. The van der Waals surface area contributed by atoms with Gasteiger partial charge in [0.1, 0.15) is 6.61 Å². The van der Waals surface area contributed by atoms with Crippen molar-refractivity contribution in [1.29, 1.82) is 0 Å². The molecule has 5 heteroatoms. The lowest BCUT2D eigenvalue weighted by Gasteiger charge is -2.15. The van der Waals surface area contributed by atoms with Gasteiger partial charge in [0.15, 0.2) is 0 Å². The predicted octanol–water partition coefficient (Wildman–Crippen LogP) is 5.60. The van der Waals surface area contributed by atoms with E-state index in [1.165, 1.54) is 11.1 Å². The fourth-order valence-electron chi connectivity index (χ4n) is 3.41. The van der Waals surface area contributed by atoms with Gasteiger partial charge in [-0.15, -0.1) is 0 Å². The van der Waals surface area contributed by atoms with Gasteiger partial charge in [0.25, 0.3) is 0 Å². The number of hydrogen-bond donors (Lipinski definition) is 2. The van der Waals surface area contributed by atoms with Crippen LogP contribution in [0, 0.1) is 13.8 Å². The Morgan fingerprint density at radius 3 is 2.55 bits per heavy atom. The van der Waals surface area contributed by atoms with Gasteiger partial charge in [0, 0.05) is 23.5 Å². The largest absolute Gasteiger partial charge is 0.445 e. The summed E-state index contributed by atoms with van der Waals surface area (Å²) < 4.78 is 5.16. The van der Waals surface area contributed by atoms with E-state index in [0.29, 0.717) is 0 Å². The van der Waals surface area contributed by atoms with E-state index in [4.69, 9.17) is 9.72 Å². The van der Waals surface area contributed by atoms with Gasteiger partial charge in [-0.05, 0) is 55.3 Å². The molecule has 5 nitrogen and oxygen atoms in total. The minimum atomic E-state index is -0.444. The second-order valence-electron chi connectivity index (χ2n) is 7.18. The van der Waals surface area contributed by atoms with Crippen molar-refractivity contribution >= 4 is 39.3 Å². The van der Waals surface area contributed by atoms with Gasteiger partial charge >= 0.3 is 6.09 Å². The van der Waals surface area contributed by atoms with Crippen LogP contribution in [0.2, 0.25) is 0 Å². The summed E-state index contributed by atoms with van der Waals surface area (Å²) >= 11 is 0. The molecular formula is C24H23N3O2. The smallest absolute Gasteiger partial charge is 0.407 e. The van der Waals surface area contributed by atoms with E-state index in [1.54, 1.807) is 7.05 Å². The van der Waals surface area contributed by atoms with Crippen molar-refractivity contribution in [2.24, 2.45) is 0 Å². The standard InChI is InChI=1S/C24H23N3O2/c1-15-8-10-21-20(11-15)23(19-9-7-16(2)12-22(19)27-21)26-18-6-4-5-17(13-18)14-29-24(28)25-3/h4-13H,14H2,1-3H3,(H,25,28)(H,26,27). The molecule has 1 amide bonds. The molecule has 0 aliphatic heterocycles. The molecule has 0 atom stereocenters. The number of aromatic nitrogens is 1. The molecule has 3 aromatic carbocycles. The summed E-state index contributed by atoms with van der Waals surface area (Å²) in [4.78, 5) is 16.2. The van der Waals surface area contributed by atoms with Crippen LogP contribution in [0.5, 0.6) is 0 Å². The molecule has 0 unspecified atom stereocenters. The van der Waals surface area contributed by atoms with Crippen LogP contribution < -0.4 is 10.6 Å². The third-order valence-corrected chi connectivity index (χ3v) is 4.86. The van der Waals surface area contributed by atoms with Crippen LogP contribution in [0.15, 0.2) is 60.7 Å². The van der Waals surface area contributed by atoms with Crippen LogP contribution in [0.1, 0.15) is 16.7 Å². The quantitative estimate of drug-likeness (QED) is 0.449. The van der Waals surface area contributed by atoms with Crippen LogP contribution in [0.25, 0.3) is 21.8 Å². The zero-order valence-electron chi connectivity index (χ0n) is 16.7. The van der Waals surface area contributed by atoms with E-state index in [0.717, 1.165) is 38.7 Å². The molecule has 2 N–H and O–H groups in total. The van der Waals surface area contributed by atoms with Crippen LogP contribution >= 0.6 is 0 Å². The van der Waals surface area contributed by atoms with E-state index in [9.17, 15) is 4.79 Å². The first-order valence-electron chi connectivity index (χ1n) is 9.55. The highest BCUT2D eigenvalue weighted by Crippen LogP contribution is 2.34. The molecule has 0 spiro atoms. The molecule has 0 bridgehead atoms. The maximum absolute atomic E-state index is 11.4. The molecule has 29 heavy (non-hydrogen) atoms. The molecular weight excluding hydrogens is 362 g/mol. The molecule has 0 fully saturated rings. The molecule has 0 saturated heterocycles. The van der Waals surface area contributed by atoms with Crippen molar-refractivity contribution in [3.63, 3.8) is 0 Å². The zero-order chi connectivity index (χ0) is 20.4. The number of aryl methyl sites for hydroxylation is 2. The fraction of sp³-hybridized carbons (Fsp3) is 0.167. The van der Waals surface area contributed by atoms with Crippen LogP contribution in [0.3, 0.4) is 0 Å². The average Bonchev–Trinajstić information content (AvgIpc) is 2.72. The number of nitrogens with zero attached hydrogens (tertiary/aromatic N) is 1. The first-order chi connectivity index (χ1) is 14.0. The first kappa shape index (κ1) is 18.7. The summed E-state index contributed by atoms with van der Waals surface area (Å²) in [5, 5.41) is 8.19. The number of amides is 1. The number of carbonyl (C=O) groups excluding carboxylic acids is 1. The van der Waals surface area contributed by atoms with Gasteiger partial charge in [-0.25, -0.2) is 9.78 Å². The fourth-order valence-corrected chi connectivity index (χ4v) is 3.41. The number of hydrogen-bond acceptors (Lipinski definition) is 4. The monoisotopic (exact) mass is 385 g/mol. The summed E-state index contributed by atoms with van der Waals surface area (Å²) in [5.41, 5.74) is 7.14. The Bertz CT molecular complexity index is 1220. The number of fused-ring (bicyclic) bond motifs is 2. The highest BCUT2D eigenvalue weighted by atomic mass is 16.5. The number of anilines is 2. The Morgan fingerprint density at radius 2 is 1.72 bits per heavy atom. The van der Waals surface area contributed by atoms with E-state index in [2.05, 4.69) is 60.9 Å². The molecule has 4 rings (SSSR count). The van der Waals surface area contributed by atoms with Gasteiger partial charge < -0.3 is 15.4 Å². The van der Waals surface area contributed by atoms with Gasteiger partial charge in [0.05, 0.1) is 16.7 Å². The van der Waals surface area contributed by atoms with Gasteiger partial charge in [0.2, 0.25) is 0 Å². The van der Waals surface area contributed by atoms with Crippen molar-refractivity contribution in [3.05, 3.63) is 77.4 Å². The Kier molecular flexibility index (Phi) is 5.04. The number of ether oxygens (including phenoxy) is 1. The van der Waals surface area contributed by atoms with Gasteiger partial charge in [-0.3, -0.25) is 0 Å². The number of carbonyl (C=O) groups is 1.